The molecule has 0 fully saturated rings. The number of nitrogens with zero attached hydrogens (tertiary/aromatic N) is 1. The topological polar surface area (TPSA) is 72.9 Å². The van der Waals surface area contributed by atoms with Gasteiger partial charge < -0.3 is 9.47 Å². The van der Waals surface area contributed by atoms with Gasteiger partial charge in [0.15, 0.2) is 0 Å². The molecule has 0 saturated heterocycles. The maximum Gasteiger partial charge on any atom is 0.269 e. The number of hydrogen-bond donors (Lipinski definition) is 0. The highest BCUT2D eigenvalue weighted by Gasteiger charge is 2.40. The van der Waals surface area contributed by atoms with Gasteiger partial charge in [-0.15, -0.1) is 0 Å². The van der Waals surface area contributed by atoms with E-state index >= 15 is 0 Å². The molecule has 0 spiro atoms. The molecule has 0 N–H and O–H groups in total. The number of sulfonamides is 1. The van der Waals surface area contributed by atoms with Crippen LogP contribution in [0.3, 0.4) is 0 Å². The molecule has 0 saturated carbocycles. The minimum absolute atomic E-state index is 0.0101. The monoisotopic (exact) mass is 411 g/mol. The molecule has 0 aliphatic carbocycles. The molecule has 1 aromatic carbocycles. The second-order valence-electron chi connectivity index (χ2n) is 4.13. The van der Waals surface area contributed by atoms with Crippen LogP contribution in [0.15, 0.2) is 23.1 Å². The van der Waals surface area contributed by atoms with Crippen LogP contribution in [0.1, 0.15) is 10.4 Å². The summed E-state index contributed by atoms with van der Waals surface area (Å²) in [6, 6.07) is 4.77. The van der Waals surface area contributed by atoms with Crippen molar-refractivity contribution in [3.05, 3.63) is 27.3 Å². The van der Waals surface area contributed by atoms with Crippen molar-refractivity contribution in [2.45, 2.75) is 4.90 Å². The van der Waals surface area contributed by atoms with Crippen LogP contribution in [-0.4, -0.2) is 52.1 Å². The zero-order valence-electron chi connectivity index (χ0n) is 10.8. The van der Waals surface area contributed by atoms with Crippen molar-refractivity contribution in [3.63, 3.8) is 0 Å². The van der Waals surface area contributed by atoms with E-state index < -0.39 is 15.9 Å². The van der Waals surface area contributed by atoms with E-state index in [4.69, 9.17) is 9.47 Å². The van der Waals surface area contributed by atoms with Crippen molar-refractivity contribution in [1.29, 1.82) is 0 Å². The molecule has 2 rings (SSSR count). The molecule has 6 nitrogen and oxygen atoms in total. The van der Waals surface area contributed by atoms with Gasteiger partial charge in [0, 0.05) is 10.7 Å². The zero-order chi connectivity index (χ0) is 14.8. The zero-order valence-corrected chi connectivity index (χ0v) is 13.8. The quantitative estimate of drug-likeness (QED) is 0.518. The predicted molar refractivity (Wildman–Crippen MR) is 80.1 cm³/mol. The second-order valence-corrected chi connectivity index (χ2v) is 7.20. The maximum atomic E-state index is 12.3. The number of methoxy groups -OCH3 is 1. The molecule has 0 unspecified atom stereocenters. The molecule has 0 aromatic heterocycles. The average Bonchev–Trinajstić information content (AvgIpc) is 2.59. The van der Waals surface area contributed by atoms with Crippen LogP contribution >= 0.6 is 22.6 Å². The predicted octanol–water partition coefficient (Wildman–Crippen LogP) is 1.10. The van der Waals surface area contributed by atoms with Crippen molar-refractivity contribution in [1.82, 2.24) is 4.31 Å². The Bertz CT molecular complexity index is 616. The van der Waals surface area contributed by atoms with Crippen molar-refractivity contribution in [2.75, 3.05) is 33.5 Å². The molecule has 0 atom stereocenters. The first-order chi connectivity index (χ1) is 9.48. The molecule has 1 amide bonds. The smallest absolute Gasteiger partial charge is 0.269 e. The van der Waals surface area contributed by atoms with E-state index in [0.717, 1.165) is 7.88 Å². The third-order valence-corrected chi connectivity index (χ3v) is 5.33. The molecular formula is C12H14INO5S. The summed E-state index contributed by atoms with van der Waals surface area (Å²) in [5.74, 6) is -0.494. The van der Waals surface area contributed by atoms with Crippen molar-refractivity contribution in [3.8, 4) is 0 Å². The lowest BCUT2D eigenvalue weighted by Gasteiger charge is -2.14. The number of halogens is 1. The van der Waals surface area contributed by atoms with E-state index in [1.165, 1.54) is 6.07 Å². The molecule has 110 valence electrons. The van der Waals surface area contributed by atoms with Gasteiger partial charge in [0.2, 0.25) is 0 Å². The van der Waals surface area contributed by atoms with Gasteiger partial charge in [0.25, 0.3) is 15.9 Å². The average molecular weight is 411 g/mol. The SMILES string of the molecule is COCCOCCN1C(=O)c2ccc(I)cc2S1(=O)=O. The van der Waals surface area contributed by atoms with Crippen molar-refractivity contribution >= 4 is 38.5 Å². The number of carbonyl (C=O) groups is 1. The van der Waals surface area contributed by atoms with Gasteiger partial charge in [-0.25, -0.2) is 12.7 Å². The minimum Gasteiger partial charge on any atom is -0.382 e. The van der Waals surface area contributed by atoms with Gasteiger partial charge in [-0.2, -0.15) is 0 Å². The van der Waals surface area contributed by atoms with Gasteiger partial charge in [0.05, 0.1) is 31.9 Å². The van der Waals surface area contributed by atoms with Crippen LogP contribution in [0.2, 0.25) is 0 Å². The van der Waals surface area contributed by atoms with Gasteiger partial charge in [-0.3, -0.25) is 4.79 Å². The summed E-state index contributed by atoms with van der Waals surface area (Å²) in [4.78, 5) is 12.2. The van der Waals surface area contributed by atoms with Gasteiger partial charge >= 0.3 is 0 Å². The van der Waals surface area contributed by atoms with Crippen LogP contribution in [0.5, 0.6) is 0 Å². The fourth-order valence-corrected chi connectivity index (χ4v) is 4.14. The molecule has 1 aliphatic rings. The Morgan fingerprint density at radius 1 is 1.25 bits per heavy atom. The summed E-state index contributed by atoms with van der Waals surface area (Å²) < 4.78 is 36.2. The van der Waals surface area contributed by atoms with E-state index in [2.05, 4.69) is 0 Å². The Kier molecular flexibility index (Phi) is 4.99. The molecular weight excluding hydrogens is 397 g/mol. The molecule has 20 heavy (non-hydrogen) atoms. The summed E-state index contributed by atoms with van der Waals surface area (Å²) in [6.45, 7) is 0.956. The van der Waals surface area contributed by atoms with Crippen molar-refractivity contribution < 1.29 is 22.7 Å². The lowest BCUT2D eigenvalue weighted by molar-refractivity contribution is 0.0607. The Labute approximate surface area is 131 Å². The van der Waals surface area contributed by atoms with Gasteiger partial charge in [0.1, 0.15) is 4.90 Å². The van der Waals surface area contributed by atoms with E-state index in [1.807, 2.05) is 22.6 Å². The third-order valence-electron chi connectivity index (χ3n) is 2.84. The first kappa shape index (κ1) is 15.7. The summed E-state index contributed by atoms with van der Waals surface area (Å²) in [5, 5.41) is 0. The van der Waals surface area contributed by atoms with E-state index in [-0.39, 0.29) is 23.6 Å². The van der Waals surface area contributed by atoms with Crippen LogP contribution in [-0.2, 0) is 19.5 Å². The number of amides is 1. The summed E-state index contributed by atoms with van der Waals surface area (Å²) >= 11 is 2.02. The van der Waals surface area contributed by atoms with E-state index in [9.17, 15) is 13.2 Å². The molecule has 1 heterocycles. The Morgan fingerprint density at radius 2 is 2.00 bits per heavy atom. The van der Waals surface area contributed by atoms with Crippen LogP contribution in [0.25, 0.3) is 0 Å². The first-order valence-corrected chi connectivity index (χ1v) is 8.43. The Hall–Kier alpha value is -0.710. The number of hydrogen-bond acceptors (Lipinski definition) is 5. The Balaban J connectivity index is 2.11. The lowest BCUT2D eigenvalue weighted by atomic mass is 10.2. The molecule has 1 aromatic rings. The highest BCUT2D eigenvalue weighted by atomic mass is 127. The molecule has 0 radical (unpaired) electrons. The molecule has 0 bridgehead atoms. The number of carbonyl (C=O) groups excluding carboxylic acids is 1. The second kappa shape index (κ2) is 6.37. The third kappa shape index (κ3) is 2.97. The lowest BCUT2D eigenvalue weighted by Crippen LogP contribution is -2.33. The van der Waals surface area contributed by atoms with Gasteiger partial charge in [-0.05, 0) is 40.8 Å². The van der Waals surface area contributed by atoms with E-state index in [1.54, 1.807) is 19.2 Å². The molecule has 1 aliphatic heterocycles. The largest absolute Gasteiger partial charge is 0.382 e. The number of benzene rings is 1. The highest BCUT2D eigenvalue weighted by Crippen LogP contribution is 2.31. The van der Waals surface area contributed by atoms with Crippen LogP contribution in [0.4, 0.5) is 0 Å². The molecule has 8 heteroatoms. The first-order valence-electron chi connectivity index (χ1n) is 5.92. The number of rotatable bonds is 6. The summed E-state index contributed by atoms with van der Waals surface area (Å²) in [7, 11) is -2.19. The fourth-order valence-electron chi connectivity index (χ4n) is 1.86. The normalized spacial score (nSPS) is 16.5. The standard InChI is InChI=1S/C12H14INO5S/c1-18-6-7-19-5-4-14-12(15)10-3-2-9(13)8-11(10)20(14,16)17/h2-3,8H,4-7H2,1H3. The van der Waals surface area contributed by atoms with Crippen LogP contribution < -0.4 is 0 Å². The van der Waals surface area contributed by atoms with E-state index in [0.29, 0.717) is 13.2 Å². The summed E-state index contributed by atoms with van der Waals surface area (Å²) in [5.41, 5.74) is 0.224. The number of ether oxygens (including phenoxy) is 2. The number of fused-ring (bicyclic) bond motifs is 1. The summed E-state index contributed by atoms with van der Waals surface area (Å²) in [6.07, 6.45) is 0. The Morgan fingerprint density at radius 3 is 2.70 bits per heavy atom. The minimum atomic E-state index is -3.74. The van der Waals surface area contributed by atoms with Crippen molar-refractivity contribution in [2.24, 2.45) is 0 Å². The van der Waals surface area contributed by atoms with Gasteiger partial charge in [-0.1, -0.05) is 0 Å². The highest BCUT2D eigenvalue weighted by molar-refractivity contribution is 14.1. The van der Waals surface area contributed by atoms with Crippen LogP contribution in [0, 0.1) is 3.57 Å². The fraction of sp³-hybridized carbons (Fsp3) is 0.417. The maximum absolute atomic E-state index is 12.3.